The van der Waals surface area contributed by atoms with Crippen molar-refractivity contribution < 1.29 is 4.79 Å². The fraction of sp³-hybridized carbons (Fsp3) is 0.130. The summed E-state index contributed by atoms with van der Waals surface area (Å²) in [6, 6.07) is 11.0. The standard InChI is InChI=1S/C23H20N4O2S2/c1-4-9-27-21(29)17-8-7-16(11-18(17)25-23(27)30)20(28)26-22-24-19(12-31-22)15-6-5-13(2)14(3)10-15/h4-8,10-12H,1,9H2,2-3H3,(H,25,30)(H,24,26,28). The number of anilines is 1. The van der Waals surface area contributed by atoms with Crippen molar-refractivity contribution in [1.82, 2.24) is 14.5 Å². The van der Waals surface area contributed by atoms with E-state index in [0.29, 0.717) is 28.1 Å². The summed E-state index contributed by atoms with van der Waals surface area (Å²) in [4.78, 5) is 32.9. The summed E-state index contributed by atoms with van der Waals surface area (Å²) < 4.78 is 1.71. The zero-order valence-corrected chi connectivity index (χ0v) is 18.7. The predicted octanol–water partition coefficient (Wildman–Crippen LogP) is 5.24. The van der Waals surface area contributed by atoms with Crippen molar-refractivity contribution in [2.75, 3.05) is 5.32 Å². The number of H-pyrrole nitrogens is 1. The van der Waals surface area contributed by atoms with Crippen LogP contribution < -0.4 is 10.9 Å². The zero-order valence-electron chi connectivity index (χ0n) is 17.1. The molecule has 4 rings (SSSR count). The normalized spacial score (nSPS) is 10.9. The quantitative estimate of drug-likeness (QED) is 0.323. The van der Waals surface area contributed by atoms with Gasteiger partial charge in [-0.15, -0.1) is 17.9 Å². The molecule has 2 heterocycles. The smallest absolute Gasteiger partial charge is 0.262 e. The number of aromatic nitrogens is 3. The first-order valence-corrected chi connectivity index (χ1v) is 10.9. The van der Waals surface area contributed by atoms with Crippen LogP contribution >= 0.6 is 23.6 Å². The fourth-order valence-corrected chi connectivity index (χ4v) is 4.21. The van der Waals surface area contributed by atoms with E-state index in [1.54, 1.807) is 24.3 Å². The van der Waals surface area contributed by atoms with Gasteiger partial charge in [-0.1, -0.05) is 18.2 Å². The number of allylic oxidation sites excluding steroid dienone is 1. The minimum Gasteiger partial charge on any atom is -0.332 e. The lowest BCUT2D eigenvalue weighted by atomic mass is 10.1. The molecule has 0 aliphatic rings. The first-order chi connectivity index (χ1) is 14.9. The number of amides is 1. The third-order valence-corrected chi connectivity index (χ3v) is 6.16. The number of hydrogen-bond donors (Lipinski definition) is 2. The molecule has 4 aromatic rings. The number of nitrogens with one attached hydrogen (secondary N) is 2. The predicted molar refractivity (Wildman–Crippen MR) is 129 cm³/mol. The van der Waals surface area contributed by atoms with E-state index in [9.17, 15) is 9.59 Å². The second-order valence-corrected chi connectivity index (χ2v) is 8.43. The summed E-state index contributed by atoms with van der Waals surface area (Å²) in [6.07, 6.45) is 1.61. The van der Waals surface area contributed by atoms with Crippen molar-refractivity contribution in [2.24, 2.45) is 0 Å². The zero-order chi connectivity index (χ0) is 22.1. The molecule has 0 atom stereocenters. The summed E-state index contributed by atoms with van der Waals surface area (Å²) in [5.41, 5.74) is 4.93. The Bertz CT molecular complexity index is 1450. The third-order valence-electron chi connectivity index (χ3n) is 5.08. The lowest BCUT2D eigenvalue weighted by molar-refractivity contribution is 0.102. The summed E-state index contributed by atoms with van der Waals surface area (Å²) in [5.74, 6) is -0.308. The Morgan fingerprint density at radius 2 is 2.06 bits per heavy atom. The maximum atomic E-state index is 12.8. The molecule has 0 unspecified atom stereocenters. The van der Waals surface area contributed by atoms with Crippen molar-refractivity contribution in [3.8, 4) is 11.3 Å². The van der Waals surface area contributed by atoms with Crippen molar-refractivity contribution in [3.05, 3.63) is 86.2 Å². The highest BCUT2D eigenvalue weighted by Crippen LogP contribution is 2.27. The van der Waals surface area contributed by atoms with E-state index in [1.165, 1.54) is 27.0 Å². The average Bonchev–Trinajstić information content (AvgIpc) is 3.21. The first kappa shape index (κ1) is 20.9. The van der Waals surface area contributed by atoms with Crippen LogP contribution in [0.1, 0.15) is 21.5 Å². The van der Waals surface area contributed by atoms with Gasteiger partial charge in [-0.2, -0.15) is 0 Å². The number of thiazole rings is 1. The average molecular weight is 449 g/mol. The van der Waals surface area contributed by atoms with Crippen LogP contribution in [0.15, 0.2) is 59.2 Å². The third kappa shape index (κ3) is 4.12. The highest BCUT2D eigenvalue weighted by atomic mass is 32.1. The topological polar surface area (TPSA) is 79.8 Å². The Hall–Kier alpha value is -3.36. The molecule has 156 valence electrons. The van der Waals surface area contributed by atoms with Crippen molar-refractivity contribution in [1.29, 1.82) is 0 Å². The van der Waals surface area contributed by atoms with Gasteiger partial charge in [-0.05, 0) is 61.5 Å². The number of benzene rings is 2. The van der Waals surface area contributed by atoms with Crippen LogP contribution in [-0.4, -0.2) is 20.4 Å². The number of rotatable bonds is 5. The lowest BCUT2D eigenvalue weighted by Crippen LogP contribution is -2.22. The van der Waals surface area contributed by atoms with Gasteiger partial charge >= 0.3 is 0 Å². The molecular weight excluding hydrogens is 428 g/mol. The van der Waals surface area contributed by atoms with Crippen LogP contribution in [0.2, 0.25) is 0 Å². The maximum Gasteiger partial charge on any atom is 0.262 e. The molecule has 0 saturated heterocycles. The number of nitrogens with zero attached hydrogens (tertiary/aromatic N) is 2. The van der Waals surface area contributed by atoms with Crippen molar-refractivity contribution >= 4 is 45.5 Å². The molecule has 0 aliphatic heterocycles. The van der Waals surface area contributed by atoms with Gasteiger partial charge in [0.1, 0.15) is 0 Å². The number of carbonyl (C=O) groups excluding carboxylic acids is 1. The Morgan fingerprint density at radius 1 is 1.26 bits per heavy atom. The van der Waals surface area contributed by atoms with Gasteiger partial charge in [0, 0.05) is 23.1 Å². The van der Waals surface area contributed by atoms with E-state index in [0.717, 1.165) is 11.3 Å². The van der Waals surface area contributed by atoms with Gasteiger partial charge in [0.05, 0.1) is 16.6 Å². The van der Waals surface area contributed by atoms with E-state index in [4.69, 9.17) is 12.2 Å². The van der Waals surface area contributed by atoms with Gasteiger partial charge in [0.15, 0.2) is 9.90 Å². The Morgan fingerprint density at radius 3 is 2.81 bits per heavy atom. The van der Waals surface area contributed by atoms with E-state index < -0.39 is 0 Å². The van der Waals surface area contributed by atoms with Crippen LogP contribution in [0.3, 0.4) is 0 Å². The number of carbonyl (C=O) groups is 1. The Labute approximate surface area is 187 Å². The molecule has 6 nitrogen and oxygen atoms in total. The summed E-state index contributed by atoms with van der Waals surface area (Å²) in [5, 5.41) is 5.71. The maximum absolute atomic E-state index is 12.8. The molecular formula is C23H20N4O2S2. The van der Waals surface area contributed by atoms with Crippen molar-refractivity contribution in [3.63, 3.8) is 0 Å². The molecule has 0 bridgehead atoms. The fourth-order valence-electron chi connectivity index (χ4n) is 3.22. The van der Waals surface area contributed by atoms with Crippen LogP contribution in [-0.2, 0) is 6.54 Å². The molecule has 2 aromatic heterocycles. The van der Waals surface area contributed by atoms with Crippen molar-refractivity contribution in [2.45, 2.75) is 20.4 Å². The van der Waals surface area contributed by atoms with Crippen LogP contribution in [0.25, 0.3) is 22.2 Å². The Balaban J connectivity index is 1.60. The van der Waals surface area contributed by atoms with E-state index in [-0.39, 0.29) is 16.2 Å². The van der Waals surface area contributed by atoms with Gasteiger partial charge in [0.2, 0.25) is 0 Å². The second kappa shape index (κ2) is 8.41. The number of aryl methyl sites for hydroxylation is 2. The largest absolute Gasteiger partial charge is 0.332 e. The van der Waals surface area contributed by atoms with Gasteiger partial charge in [-0.25, -0.2) is 4.98 Å². The molecule has 1 amide bonds. The first-order valence-electron chi connectivity index (χ1n) is 9.59. The molecule has 0 fully saturated rings. The lowest BCUT2D eigenvalue weighted by Gasteiger charge is -2.07. The summed E-state index contributed by atoms with van der Waals surface area (Å²) in [6.45, 7) is 8.09. The van der Waals surface area contributed by atoms with E-state index in [2.05, 4.69) is 47.8 Å². The molecule has 8 heteroatoms. The number of aromatic amines is 1. The SMILES string of the molecule is C=CCn1c(=S)[nH]c2cc(C(=O)Nc3nc(-c4ccc(C)c(C)c4)cs3)ccc2c1=O. The number of fused-ring (bicyclic) bond motifs is 1. The van der Waals surface area contributed by atoms with E-state index >= 15 is 0 Å². The van der Waals surface area contributed by atoms with Crippen LogP contribution in [0.4, 0.5) is 5.13 Å². The minimum absolute atomic E-state index is 0.219. The minimum atomic E-state index is -0.308. The highest BCUT2D eigenvalue weighted by Gasteiger charge is 2.13. The monoisotopic (exact) mass is 448 g/mol. The number of hydrogen-bond acceptors (Lipinski definition) is 5. The van der Waals surface area contributed by atoms with Gasteiger partial charge in [0.25, 0.3) is 11.5 Å². The molecule has 2 aromatic carbocycles. The van der Waals surface area contributed by atoms with Gasteiger partial charge in [-0.3, -0.25) is 19.5 Å². The second-order valence-electron chi connectivity index (χ2n) is 7.19. The molecule has 31 heavy (non-hydrogen) atoms. The van der Waals surface area contributed by atoms with Gasteiger partial charge < -0.3 is 4.98 Å². The van der Waals surface area contributed by atoms with E-state index in [1.807, 2.05) is 11.4 Å². The summed E-state index contributed by atoms with van der Waals surface area (Å²) >= 11 is 6.63. The molecule has 0 radical (unpaired) electrons. The summed E-state index contributed by atoms with van der Waals surface area (Å²) in [7, 11) is 0. The van der Waals surface area contributed by atoms with Crippen LogP contribution in [0.5, 0.6) is 0 Å². The Kier molecular flexibility index (Phi) is 5.67. The molecule has 0 saturated carbocycles. The highest BCUT2D eigenvalue weighted by molar-refractivity contribution is 7.71. The molecule has 0 aliphatic carbocycles. The molecule has 0 spiro atoms. The molecule has 2 N–H and O–H groups in total. The van der Waals surface area contributed by atoms with Crippen LogP contribution in [0, 0.1) is 18.6 Å².